The van der Waals surface area contributed by atoms with E-state index in [0.717, 1.165) is 37.7 Å². The first-order valence-corrected chi connectivity index (χ1v) is 7.83. The van der Waals surface area contributed by atoms with Crippen molar-refractivity contribution < 1.29 is 18.3 Å². The molecular formula is C17H23F3O. The molecule has 1 aromatic rings. The minimum absolute atomic E-state index is 0.134. The number of hydrogen-bond acceptors (Lipinski definition) is 1. The van der Waals surface area contributed by atoms with Crippen LogP contribution < -0.4 is 0 Å². The SMILES string of the molecule is CCC1CCC(C(O)CCc2ccc(F)c(F)c2F)CC1. The normalized spacial score (nSPS) is 24.0. The Hall–Kier alpha value is -1.03. The highest BCUT2D eigenvalue weighted by Gasteiger charge is 2.26. The number of aliphatic hydroxyl groups excluding tert-OH is 1. The Morgan fingerprint density at radius 3 is 2.38 bits per heavy atom. The number of halogens is 3. The summed E-state index contributed by atoms with van der Waals surface area (Å²) in [5.41, 5.74) is 0.134. The first kappa shape index (κ1) is 16.3. The van der Waals surface area contributed by atoms with Crippen LogP contribution in [0.2, 0.25) is 0 Å². The molecule has 0 aromatic heterocycles. The highest BCUT2D eigenvalue weighted by atomic mass is 19.2. The third-order valence-corrected chi connectivity index (χ3v) is 4.84. The predicted octanol–water partition coefficient (Wildman–Crippen LogP) is 4.61. The molecule has 1 aliphatic rings. The van der Waals surface area contributed by atoms with Crippen LogP contribution in [0.25, 0.3) is 0 Å². The van der Waals surface area contributed by atoms with Crippen molar-refractivity contribution >= 4 is 0 Å². The van der Waals surface area contributed by atoms with Crippen LogP contribution in [0.1, 0.15) is 51.0 Å². The van der Waals surface area contributed by atoms with Crippen LogP contribution in [-0.2, 0) is 6.42 Å². The quantitative estimate of drug-likeness (QED) is 0.787. The van der Waals surface area contributed by atoms with Gasteiger partial charge in [-0.05, 0) is 49.1 Å². The molecule has 1 aromatic carbocycles. The molecule has 1 unspecified atom stereocenters. The lowest BCUT2D eigenvalue weighted by atomic mass is 9.77. The lowest BCUT2D eigenvalue weighted by Crippen LogP contribution is -2.26. The van der Waals surface area contributed by atoms with Crippen molar-refractivity contribution in [3.63, 3.8) is 0 Å². The zero-order valence-electron chi connectivity index (χ0n) is 12.4. The Bertz CT molecular complexity index is 467. The van der Waals surface area contributed by atoms with Gasteiger partial charge in [0.25, 0.3) is 0 Å². The first-order chi connectivity index (χ1) is 10.0. The van der Waals surface area contributed by atoms with E-state index >= 15 is 0 Å². The summed E-state index contributed by atoms with van der Waals surface area (Å²) in [6.45, 7) is 2.19. The molecular weight excluding hydrogens is 277 g/mol. The summed E-state index contributed by atoms with van der Waals surface area (Å²) >= 11 is 0. The van der Waals surface area contributed by atoms with E-state index in [2.05, 4.69) is 6.92 Å². The summed E-state index contributed by atoms with van der Waals surface area (Å²) in [5, 5.41) is 10.2. The zero-order chi connectivity index (χ0) is 15.4. The average Bonchev–Trinajstić information content (AvgIpc) is 2.52. The van der Waals surface area contributed by atoms with Crippen molar-refractivity contribution in [2.24, 2.45) is 11.8 Å². The second kappa shape index (κ2) is 7.30. The molecule has 1 aliphatic carbocycles. The van der Waals surface area contributed by atoms with Crippen LogP contribution in [0.4, 0.5) is 13.2 Å². The minimum atomic E-state index is -1.43. The van der Waals surface area contributed by atoms with Gasteiger partial charge in [-0.25, -0.2) is 13.2 Å². The molecule has 0 heterocycles. The molecule has 1 atom stereocenters. The smallest absolute Gasteiger partial charge is 0.194 e. The van der Waals surface area contributed by atoms with E-state index in [1.165, 1.54) is 12.5 Å². The minimum Gasteiger partial charge on any atom is -0.393 e. The van der Waals surface area contributed by atoms with Gasteiger partial charge in [0.1, 0.15) is 0 Å². The Kier molecular flexibility index (Phi) is 5.68. The number of hydrogen-bond donors (Lipinski definition) is 1. The van der Waals surface area contributed by atoms with Gasteiger partial charge in [0, 0.05) is 0 Å². The predicted molar refractivity (Wildman–Crippen MR) is 76.4 cm³/mol. The van der Waals surface area contributed by atoms with Gasteiger partial charge in [-0.2, -0.15) is 0 Å². The Balaban J connectivity index is 1.87. The van der Waals surface area contributed by atoms with Crippen LogP contribution in [0.15, 0.2) is 12.1 Å². The number of aliphatic hydroxyl groups is 1. The molecule has 0 amide bonds. The average molecular weight is 300 g/mol. The van der Waals surface area contributed by atoms with Crippen LogP contribution in [0.5, 0.6) is 0 Å². The molecule has 0 radical (unpaired) electrons. The summed E-state index contributed by atoms with van der Waals surface area (Å²) < 4.78 is 39.6. The largest absolute Gasteiger partial charge is 0.393 e. The molecule has 0 bridgehead atoms. The fraction of sp³-hybridized carbons (Fsp3) is 0.647. The van der Waals surface area contributed by atoms with E-state index in [-0.39, 0.29) is 17.9 Å². The van der Waals surface area contributed by atoms with E-state index in [1.807, 2.05) is 0 Å². The summed E-state index contributed by atoms with van der Waals surface area (Å²) in [4.78, 5) is 0. The first-order valence-electron chi connectivity index (χ1n) is 7.83. The maximum Gasteiger partial charge on any atom is 0.194 e. The molecule has 118 valence electrons. The van der Waals surface area contributed by atoms with Crippen LogP contribution >= 0.6 is 0 Å². The van der Waals surface area contributed by atoms with Gasteiger partial charge in [-0.3, -0.25) is 0 Å². The summed E-state index contributed by atoms with van der Waals surface area (Å²) in [7, 11) is 0. The van der Waals surface area contributed by atoms with Gasteiger partial charge in [0.15, 0.2) is 17.5 Å². The second-order valence-electron chi connectivity index (χ2n) is 6.13. The molecule has 21 heavy (non-hydrogen) atoms. The monoisotopic (exact) mass is 300 g/mol. The van der Waals surface area contributed by atoms with E-state index in [4.69, 9.17) is 0 Å². The Morgan fingerprint density at radius 1 is 1.10 bits per heavy atom. The molecule has 0 aliphatic heterocycles. The molecule has 1 N–H and O–H groups in total. The van der Waals surface area contributed by atoms with Gasteiger partial charge in [0.05, 0.1) is 6.10 Å². The van der Waals surface area contributed by atoms with Crippen molar-refractivity contribution in [3.05, 3.63) is 35.1 Å². The maximum atomic E-state index is 13.6. The highest BCUT2D eigenvalue weighted by Crippen LogP contribution is 2.33. The molecule has 1 fully saturated rings. The van der Waals surface area contributed by atoms with E-state index in [1.54, 1.807) is 0 Å². The molecule has 2 rings (SSSR count). The van der Waals surface area contributed by atoms with Gasteiger partial charge in [-0.1, -0.05) is 32.3 Å². The van der Waals surface area contributed by atoms with E-state index < -0.39 is 23.6 Å². The van der Waals surface area contributed by atoms with Crippen molar-refractivity contribution in [1.29, 1.82) is 0 Å². The zero-order valence-corrected chi connectivity index (χ0v) is 12.4. The Morgan fingerprint density at radius 2 is 1.76 bits per heavy atom. The molecule has 4 heteroatoms. The standard InChI is InChI=1S/C17H23F3O/c1-2-11-3-5-12(6-4-11)15(21)10-8-13-7-9-14(18)17(20)16(13)19/h7,9,11-12,15,21H,2-6,8,10H2,1H3. The third-order valence-electron chi connectivity index (χ3n) is 4.84. The summed E-state index contributed by atoms with van der Waals surface area (Å²) in [6.07, 6.45) is 5.59. The van der Waals surface area contributed by atoms with E-state index in [9.17, 15) is 18.3 Å². The third kappa shape index (κ3) is 4.00. The van der Waals surface area contributed by atoms with Crippen LogP contribution in [0.3, 0.4) is 0 Å². The van der Waals surface area contributed by atoms with Gasteiger partial charge >= 0.3 is 0 Å². The lowest BCUT2D eigenvalue weighted by Gasteiger charge is -2.31. The van der Waals surface area contributed by atoms with Gasteiger partial charge in [-0.15, -0.1) is 0 Å². The van der Waals surface area contributed by atoms with Crippen molar-refractivity contribution in [2.75, 3.05) is 0 Å². The number of benzene rings is 1. The van der Waals surface area contributed by atoms with Crippen molar-refractivity contribution in [2.45, 2.75) is 58.0 Å². The lowest BCUT2D eigenvalue weighted by molar-refractivity contribution is 0.0664. The maximum absolute atomic E-state index is 13.6. The summed E-state index contributed by atoms with van der Waals surface area (Å²) in [6, 6.07) is 2.20. The number of rotatable bonds is 5. The van der Waals surface area contributed by atoms with Crippen LogP contribution in [0, 0.1) is 29.3 Å². The van der Waals surface area contributed by atoms with Gasteiger partial charge in [0.2, 0.25) is 0 Å². The Labute approximate surface area is 124 Å². The van der Waals surface area contributed by atoms with E-state index in [0.29, 0.717) is 6.42 Å². The van der Waals surface area contributed by atoms with Crippen molar-refractivity contribution in [3.8, 4) is 0 Å². The van der Waals surface area contributed by atoms with Crippen molar-refractivity contribution in [1.82, 2.24) is 0 Å². The number of aryl methyl sites for hydroxylation is 1. The second-order valence-corrected chi connectivity index (χ2v) is 6.13. The molecule has 0 saturated heterocycles. The fourth-order valence-corrected chi connectivity index (χ4v) is 3.28. The topological polar surface area (TPSA) is 20.2 Å². The fourth-order valence-electron chi connectivity index (χ4n) is 3.28. The van der Waals surface area contributed by atoms with Crippen LogP contribution in [-0.4, -0.2) is 11.2 Å². The molecule has 0 spiro atoms. The molecule has 1 saturated carbocycles. The summed E-state index contributed by atoms with van der Waals surface area (Å²) in [5.74, 6) is -2.71. The highest BCUT2D eigenvalue weighted by molar-refractivity contribution is 5.20. The molecule has 1 nitrogen and oxygen atoms in total. The van der Waals surface area contributed by atoms with Gasteiger partial charge < -0.3 is 5.11 Å².